The normalized spacial score (nSPS) is 11.7. The summed E-state index contributed by atoms with van der Waals surface area (Å²) in [6.45, 7) is 4.95. The van der Waals surface area contributed by atoms with Gasteiger partial charge in [-0.25, -0.2) is 18.4 Å². The number of pyridine rings is 1. The Balaban J connectivity index is 2.35. The second kappa shape index (κ2) is 6.87. The topological polar surface area (TPSA) is 94.0 Å². The molecule has 0 unspecified atom stereocenters. The Hall–Kier alpha value is -2.74. The minimum Gasteiger partial charge on any atom is -0.370 e. The highest BCUT2D eigenvalue weighted by molar-refractivity contribution is 7.90. The zero-order chi connectivity index (χ0) is 18.9. The summed E-state index contributed by atoms with van der Waals surface area (Å²) >= 11 is 0. The lowest BCUT2D eigenvalue weighted by Crippen LogP contribution is -2.22. The fourth-order valence-corrected chi connectivity index (χ4v) is 3.55. The number of hydrogen-bond acceptors (Lipinski definition) is 6. The van der Waals surface area contributed by atoms with Gasteiger partial charge in [-0.3, -0.25) is 9.36 Å². The lowest BCUT2D eigenvalue weighted by atomic mass is 10.1. The van der Waals surface area contributed by atoms with E-state index in [0.717, 1.165) is 11.6 Å². The van der Waals surface area contributed by atoms with Crippen molar-refractivity contribution in [1.82, 2.24) is 14.5 Å². The van der Waals surface area contributed by atoms with E-state index in [9.17, 15) is 13.2 Å². The number of hydrogen-bond donors (Lipinski definition) is 1. The predicted molar refractivity (Wildman–Crippen MR) is 102 cm³/mol. The van der Waals surface area contributed by atoms with Crippen LogP contribution in [0, 0.1) is 0 Å². The Morgan fingerprint density at radius 1 is 1.15 bits per heavy atom. The number of benzene rings is 1. The first-order valence-corrected chi connectivity index (χ1v) is 10.2. The second-order valence-corrected chi connectivity index (χ2v) is 7.91. The Bertz CT molecular complexity index is 1140. The molecule has 0 amide bonds. The molecule has 0 saturated heterocycles. The van der Waals surface area contributed by atoms with E-state index in [-0.39, 0.29) is 10.5 Å². The number of sulfone groups is 1. The molecule has 2 heterocycles. The second-order valence-electron chi connectivity index (χ2n) is 5.90. The minimum atomic E-state index is -3.37. The maximum atomic E-state index is 13.0. The monoisotopic (exact) mass is 372 g/mol. The number of nitrogens with zero attached hydrogens (tertiary/aromatic N) is 3. The van der Waals surface area contributed by atoms with Crippen molar-refractivity contribution in [2.75, 3.05) is 18.1 Å². The van der Waals surface area contributed by atoms with Crippen LogP contribution in [-0.4, -0.2) is 35.8 Å². The molecule has 2 aromatic heterocycles. The highest BCUT2D eigenvalue weighted by Gasteiger charge is 2.16. The molecule has 0 spiro atoms. The number of anilines is 1. The standard InChI is InChI=1S/C18H20N4O3S/c1-4-19-16-15-10-14(12-7-6-8-13(9-12)26(3,24)25)18(23)22(5-2)17(15)21-11-20-16/h6-11H,4-5H2,1-3H3,(H,19,20,21). The van der Waals surface area contributed by atoms with Gasteiger partial charge in [-0.15, -0.1) is 0 Å². The first-order chi connectivity index (χ1) is 12.4. The maximum absolute atomic E-state index is 13.0. The molecule has 1 aromatic carbocycles. The van der Waals surface area contributed by atoms with Gasteiger partial charge in [-0.05, 0) is 37.6 Å². The Morgan fingerprint density at radius 3 is 2.58 bits per heavy atom. The van der Waals surface area contributed by atoms with Gasteiger partial charge in [0, 0.05) is 24.9 Å². The maximum Gasteiger partial charge on any atom is 0.260 e. The molecule has 3 rings (SSSR count). The van der Waals surface area contributed by atoms with E-state index in [1.807, 2.05) is 13.8 Å². The molecule has 136 valence electrons. The number of aromatic nitrogens is 3. The fourth-order valence-electron chi connectivity index (χ4n) is 2.88. The molecule has 3 aromatic rings. The molecule has 7 nitrogen and oxygen atoms in total. The average Bonchev–Trinajstić information content (AvgIpc) is 2.61. The highest BCUT2D eigenvalue weighted by atomic mass is 32.2. The summed E-state index contributed by atoms with van der Waals surface area (Å²) in [7, 11) is -3.37. The molecule has 1 N–H and O–H groups in total. The van der Waals surface area contributed by atoms with E-state index < -0.39 is 9.84 Å². The van der Waals surface area contributed by atoms with Crippen LogP contribution in [0.5, 0.6) is 0 Å². The number of aryl methyl sites for hydroxylation is 1. The zero-order valence-corrected chi connectivity index (χ0v) is 15.7. The van der Waals surface area contributed by atoms with Gasteiger partial charge in [0.25, 0.3) is 5.56 Å². The molecule has 0 atom stereocenters. The average molecular weight is 372 g/mol. The van der Waals surface area contributed by atoms with Crippen LogP contribution in [0.1, 0.15) is 13.8 Å². The molecule has 26 heavy (non-hydrogen) atoms. The van der Waals surface area contributed by atoms with Gasteiger partial charge in [0.05, 0.1) is 10.3 Å². The van der Waals surface area contributed by atoms with Gasteiger partial charge >= 0.3 is 0 Å². The third kappa shape index (κ3) is 3.20. The van der Waals surface area contributed by atoms with E-state index >= 15 is 0 Å². The smallest absolute Gasteiger partial charge is 0.260 e. The van der Waals surface area contributed by atoms with Gasteiger partial charge in [-0.1, -0.05) is 12.1 Å². The molecule has 0 bridgehead atoms. The van der Waals surface area contributed by atoms with Crippen LogP contribution >= 0.6 is 0 Å². The number of fused-ring (bicyclic) bond motifs is 1. The Morgan fingerprint density at radius 2 is 1.92 bits per heavy atom. The SMILES string of the molecule is CCNc1ncnc2c1cc(-c1cccc(S(C)(=O)=O)c1)c(=O)n2CC. The molecular formula is C18H20N4O3S. The first kappa shape index (κ1) is 18.1. The molecule has 0 aliphatic carbocycles. The minimum absolute atomic E-state index is 0.175. The van der Waals surface area contributed by atoms with Crippen LogP contribution in [0.25, 0.3) is 22.2 Å². The van der Waals surface area contributed by atoms with Crippen LogP contribution in [0.2, 0.25) is 0 Å². The van der Waals surface area contributed by atoms with E-state index in [1.165, 1.54) is 18.5 Å². The molecule has 0 fully saturated rings. The van der Waals surface area contributed by atoms with E-state index in [2.05, 4.69) is 15.3 Å². The summed E-state index contributed by atoms with van der Waals surface area (Å²) in [6.07, 6.45) is 2.57. The summed E-state index contributed by atoms with van der Waals surface area (Å²) in [5, 5.41) is 3.89. The quantitative estimate of drug-likeness (QED) is 0.739. The largest absolute Gasteiger partial charge is 0.370 e. The van der Waals surface area contributed by atoms with Gasteiger partial charge in [-0.2, -0.15) is 0 Å². The van der Waals surface area contributed by atoms with Gasteiger partial charge in [0.1, 0.15) is 17.8 Å². The molecule has 8 heteroatoms. The van der Waals surface area contributed by atoms with Crippen LogP contribution in [0.4, 0.5) is 5.82 Å². The summed E-state index contributed by atoms with van der Waals surface area (Å²) in [6, 6.07) is 8.13. The lowest BCUT2D eigenvalue weighted by Gasteiger charge is -2.13. The third-order valence-corrected chi connectivity index (χ3v) is 5.23. The summed E-state index contributed by atoms with van der Waals surface area (Å²) < 4.78 is 25.3. The van der Waals surface area contributed by atoms with Crippen LogP contribution < -0.4 is 10.9 Å². The van der Waals surface area contributed by atoms with E-state index in [1.54, 1.807) is 22.8 Å². The van der Waals surface area contributed by atoms with Crippen LogP contribution in [0.3, 0.4) is 0 Å². The van der Waals surface area contributed by atoms with Crippen molar-refractivity contribution in [3.05, 3.63) is 47.0 Å². The van der Waals surface area contributed by atoms with Gasteiger partial charge < -0.3 is 5.32 Å². The molecule has 0 saturated carbocycles. The number of nitrogens with one attached hydrogen (secondary N) is 1. The third-order valence-electron chi connectivity index (χ3n) is 4.12. The highest BCUT2D eigenvalue weighted by Crippen LogP contribution is 2.25. The lowest BCUT2D eigenvalue weighted by molar-refractivity contribution is 0.602. The van der Waals surface area contributed by atoms with E-state index in [0.29, 0.717) is 35.7 Å². The van der Waals surface area contributed by atoms with Crippen molar-refractivity contribution in [3.63, 3.8) is 0 Å². The van der Waals surface area contributed by atoms with E-state index in [4.69, 9.17) is 0 Å². The van der Waals surface area contributed by atoms with Crippen molar-refractivity contribution >= 4 is 26.7 Å². The van der Waals surface area contributed by atoms with Crippen LogP contribution in [0.15, 0.2) is 46.3 Å². The van der Waals surface area contributed by atoms with Crippen molar-refractivity contribution in [3.8, 4) is 11.1 Å². The van der Waals surface area contributed by atoms with Crippen molar-refractivity contribution in [2.45, 2.75) is 25.3 Å². The van der Waals surface area contributed by atoms with Gasteiger partial charge in [0.15, 0.2) is 9.84 Å². The molecule has 0 aliphatic rings. The summed E-state index contributed by atoms with van der Waals surface area (Å²) in [4.78, 5) is 21.7. The molecule has 0 aliphatic heterocycles. The Kier molecular flexibility index (Phi) is 4.78. The predicted octanol–water partition coefficient (Wildman–Crippen LogP) is 2.31. The summed E-state index contributed by atoms with van der Waals surface area (Å²) in [5.74, 6) is 0.639. The van der Waals surface area contributed by atoms with Crippen molar-refractivity contribution < 1.29 is 8.42 Å². The van der Waals surface area contributed by atoms with Crippen molar-refractivity contribution in [2.24, 2.45) is 0 Å². The summed E-state index contributed by atoms with van der Waals surface area (Å²) in [5.41, 5.74) is 1.30. The molecular weight excluding hydrogens is 352 g/mol. The Labute approximate surface area is 151 Å². The zero-order valence-electron chi connectivity index (χ0n) is 14.9. The first-order valence-electron chi connectivity index (χ1n) is 8.29. The van der Waals surface area contributed by atoms with Crippen molar-refractivity contribution in [1.29, 1.82) is 0 Å². The number of rotatable bonds is 5. The fraction of sp³-hybridized carbons (Fsp3) is 0.278. The molecule has 0 radical (unpaired) electrons. The van der Waals surface area contributed by atoms with Crippen LogP contribution in [-0.2, 0) is 16.4 Å². The van der Waals surface area contributed by atoms with Gasteiger partial charge in [0.2, 0.25) is 0 Å².